The lowest BCUT2D eigenvalue weighted by Crippen LogP contribution is -2.42. The monoisotopic (exact) mass is 543 g/mol. The van der Waals surface area contributed by atoms with E-state index in [9.17, 15) is 19.5 Å². The molecule has 4 rings (SSSR count). The van der Waals surface area contributed by atoms with Crippen LogP contribution in [0.25, 0.3) is 0 Å². The van der Waals surface area contributed by atoms with Crippen LogP contribution in [0.15, 0.2) is 54.9 Å². The molecule has 0 spiro atoms. The first-order valence-electron chi connectivity index (χ1n) is 11.9. The quantitative estimate of drug-likeness (QED) is 0.264. The van der Waals surface area contributed by atoms with E-state index in [1.54, 1.807) is 42.7 Å². The second kappa shape index (κ2) is 12.1. The zero-order chi connectivity index (χ0) is 26.4. The first-order valence-corrected chi connectivity index (χ1v) is 12.7. The Labute approximate surface area is 224 Å². The molecule has 3 aromatic rings. The van der Waals surface area contributed by atoms with Crippen molar-refractivity contribution >= 4 is 52.6 Å². The van der Waals surface area contributed by atoms with Crippen molar-refractivity contribution in [3.05, 3.63) is 76.0 Å². The fraction of sp³-hybridized carbons (Fsp3) is 0.308. The average Bonchev–Trinajstić information content (AvgIpc) is 3.38. The number of aromatic amines is 1. The topological polar surface area (TPSA) is 136 Å². The van der Waals surface area contributed by atoms with E-state index in [0.717, 1.165) is 19.3 Å². The molecule has 1 aliphatic carbocycles. The lowest BCUT2D eigenvalue weighted by Gasteiger charge is -2.29. The highest BCUT2D eigenvalue weighted by Gasteiger charge is 2.28. The Hall–Kier alpha value is -3.56. The van der Waals surface area contributed by atoms with Gasteiger partial charge < -0.3 is 26.0 Å². The predicted octanol–water partition coefficient (Wildman–Crippen LogP) is 4.75. The summed E-state index contributed by atoms with van der Waals surface area (Å²) in [6.07, 6.45) is 6.91. The van der Waals surface area contributed by atoms with Gasteiger partial charge in [0, 0.05) is 36.5 Å². The Balaban J connectivity index is 1.33. The Morgan fingerprint density at radius 3 is 2.46 bits per heavy atom. The number of hydrogen-bond donors (Lipinski definition) is 5. The third kappa shape index (κ3) is 7.02. The molecule has 1 saturated carbocycles. The number of amides is 2. The molecule has 3 atom stereocenters. The van der Waals surface area contributed by atoms with Gasteiger partial charge in [0.05, 0.1) is 15.6 Å². The zero-order valence-electron chi connectivity index (χ0n) is 19.8. The molecule has 37 heavy (non-hydrogen) atoms. The van der Waals surface area contributed by atoms with E-state index in [4.69, 9.17) is 23.2 Å². The van der Waals surface area contributed by atoms with Gasteiger partial charge >= 0.3 is 5.97 Å². The standard InChI is InChI=1S/C26H27Cl2N5O4/c27-19-5-2-6-20(28)22(19)24(35)33-21(25(36)37)13-15-7-9-17(10-8-15)31-23(34)16-3-1-4-18(14-16)32-26-29-11-12-30-26/h2,5-12,16,18,21H,1,3-4,13-14H2,(H,31,34)(H,33,35)(H,36,37)(H2,29,30,32)/t16-,18-,21+/m1/s1. The van der Waals surface area contributed by atoms with Crippen molar-refractivity contribution in [2.45, 2.75) is 44.2 Å². The van der Waals surface area contributed by atoms with E-state index < -0.39 is 17.9 Å². The Morgan fingerprint density at radius 2 is 1.81 bits per heavy atom. The molecule has 2 aromatic carbocycles. The van der Waals surface area contributed by atoms with Gasteiger partial charge in [-0.15, -0.1) is 0 Å². The van der Waals surface area contributed by atoms with Crippen LogP contribution in [-0.4, -0.2) is 44.9 Å². The largest absolute Gasteiger partial charge is 0.480 e. The molecule has 0 saturated heterocycles. The van der Waals surface area contributed by atoms with Crippen LogP contribution in [0.4, 0.5) is 11.6 Å². The van der Waals surface area contributed by atoms with Crippen LogP contribution in [0, 0.1) is 5.92 Å². The van der Waals surface area contributed by atoms with E-state index in [2.05, 4.69) is 25.9 Å². The number of hydrogen-bond acceptors (Lipinski definition) is 5. The van der Waals surface area contributed by atoms with Crippen molar-refractivity contribution in [3.8, 4) is 0 Å². The highest BCUT2D eigenvalue weighted by molar-refractivity contribution is 6.39. The number of carbonyl (C=O) groups excluding carboxylic acids is 2. The lowest BCUT2D eigenvalue weighted by atomic mass is 9.85. The molecule has 1 fully saturated rings. The number of carboxylic acids is 1. The van der Waals surface area contributed by atoms with Crippen LogP contribution in [0.1, 0.15) is 41.6 Å². The average molecular weight is 544 g/mol. The molecule has 11 heteroatoms. The number of imidazole rings is 1. The Morgan fingerprint density at radius 1 is 1.08 bits per heavy atom. The minimum absolute atomic E-state index is 0.0273. The van der Waals surface area contributed by atoms with Gasteiger partial charge in [-0.2, -0.15) is 0 Å². The van der Waals surface area contributed by atoms with Gasteiger partial charge in [-0.1, -0.05) is 47.8 Å². The maximum Gasteiger partial charge on any atom is 0.326 e. The number of benzene rings is 2. The maximum atomic E-state index is 12.9. The number of aromatic nitrogens is 2. The summed E-state index contributed by atoms with van der Waals surface area (Å²) >= 11 is 12.1. The molecule has 0 bridgehead atoms. The molecule has 194 valence electrons. The smallest absolute Gasteiger partial charge is 0.326 e. The zero-order valence-corrected chi connectivity index (χ0v) is 21.4. The predicted molar refractivity (Wildman–Crippen MR) is 142 cm³/mol. The number of carbonyl (C=O) groups is 3. The molecule has 2 amide bonds. The van der Waals surface area contributed by atoms with Crippen LogP contribution in [0.2, 0.25) is 10.0 Å². The number of aliphatic carboxylic acids is 1. The van der Waals surface area contributed by atoms with Gasteiger partial charge in [-0.05, 0) is 49.1 Å². The van der Waals surface area contributed by atoms with Crippen LogP contribution >= 0.6 is 23.2 Å². The number of rotatable bonds is 9. The van der Waals surface area contributed by atoms with Crippen molar-refractivity contribution < 1.29 is 19.5 Å². The molecule has 0 aliphatic heterocycles. The summed E-state index contributed by atoms with van der Waals surface area (Å²) in [5, 5.41) is 18.7. The fourth-order valence-corrected chi connectivity index (χ4v) is 5.02. The minimum Gasteiger partial charge on any atom is -0.480 e. The summed E-state index contributed by atoms with van der Waals surface area (Å²) < 4.78 is 0. The van der Waals surface area contributed by atoms with Crippen LogP contribution in [0.3, 0.4) is 0 Å². The molecule has 1 heterocycles. The summed E-state index contributed by atoms with van der Waals surface area (Å²) in [6.45, 7) is 0. The molecule has 5 N–H and O–H groups in total. The molecular weight excluding hydrogens is 517 g/mol. The van der Waals surface area contributed by atoms with Gasteiger partial charge in [0.1, 0.15) is 6.04 Å². The summed E-state index contributed by atoms with van der Waals surface area (Å²) in [5.74, 6) is -1.33. The van der Waals surface area contributed by atoms with Crippen molar-refractivity contribution in [2.75, 3.05) is 10.6 Å². The first-order chi connectivity index (χ1) is 17.8. The van der Waals surface area contributed by atoms with Gasteiger partial charge in [-0.3, -0.25) is 9.59 Å². The summed E-state index contributed by atoms with van der Waals surface area (Å²) in [7, 11) is 0. The first kappa shape index (κ1) is 26.5. The van der Waals surface area contributed by atoms with Crippen molar-refractivity contribution in [1.82, 2.24) is 15.3 Å². The Kier molecular flexibility index (Phi) is 8.68. The summed E-state index contributed by atoms with van der Waals surface area (Å²) in [6, 6.07) is 10.5. The molecule has 1 aromatic heterocycles. The van der Waals surface area contributed by atoms with Gasteiger partial charge in [-0.25, -0.2) is 9.78 Å². The normalized spacial score (nSPS) is 18.0. The third-order valence-corrected chi connectivity index (χ3v) is 6.97. The molecule has 0 radical (unpaired) electrons. The van der Waals surface area contributed by atoms with Gasteiger partial charge in [0.25, 0.3) is 5.91 Å². The summed E-state index contributed by atoms with van der Waals surface area (Å²) in [5.41, 5.74) is 1.32. The lowest BCUT2D eigenvalue weighted by molar-refractivity contribution is -0.139. The maximum absolute atomic E-state index is 12.9. The number of H-pyrrole nitrogens is 1. The highest BCUT2D eigenvalue weighted by Crippen LogP contribution is 2.28. The van der Waals surface area contributed by atoms with Gasteiger partial charge in [0.15, 0.2) is 5.95 Å². The second-order valence-corrected chi connectivity index (χ2v) is 9.81. The second-order valence-electron chi connectivity index (χ2n) is 8.99. The van der Waals surface area contributed by atoms with Crippen LogP contribution in [0.5, 0.6) is 0 Å². The third-order valence-electron chi connectivity index (χ3n) is 6.34. The van der Waals surface area contributed by atoms with E-state index in [-0.39, 0.29) is 39.9 Å². The van der Waals surface area contributed by atoms with E-state index in [1.807, 2.05) is 0 Å². The number of carboxylic acid groups (broad SMARTS) is 1. The number of anilines is 2. The highest BCUT2D eigenvalue weighted by atomic mass is 35.5. The fourth-order valence-electron chi connectivity index (χ4n) is 4.45. The van der Waals surface area contributed by atoms with Crippen molar-refractivity contribution in [2.24, 2.45) is 5.92 Å². The Bertz CT molecular complexity index is 1230. The van der Waals surface area contributed by atoms with E-state index >= 15 is 0 Å². The van der Waals surface area contributed by atoms with Crippen molar-refractivity contribution in [3.63, 3.8) is 0 Å². The van der Waals surface area contributed by atoms with E-state index in [1.165, 1.54) is 12.1 Å². The molecular formula is C26H27Cl2N5O4. The van der Waals surface area contributed by atoms with Crippen LogP contribution < -0.4 is 16.0 Å². The number of nitrogens with one attached hydrogen (secondary N) is 4. The molecule has 1 aliphatic rings. The number of nitrogens with zero attached hydrogens (tertiary/aromatic N) is 1. The van der Waals surface area contributed by atoms with Crippen LogP contribution in [-0.2, 0) is 16.0 Å². The van der Waals surface area contributed by atoms with Crippen molar-refractivity contribution in [1.29, 1.82) is 0 Å². The molecule has 9 nitrogen and oxygen atoms in total. The SMILES string of the molecule is O=C(N[C@@H](Cc1ccc(NC(=O)[C@@H]2CCC[C@@H](Nc3ncc[nH]3)C2)cc1)C(=O)O)c1c(Cl)cccc1Cl. The minimum atomic E-state index is -1.19. The molecule has 0 unspecified atom stereocenters. The van der Waals surface area contributed by atoms with E-state index in [0.29, 0.717) is 23.6 Å². The number of halogens is 2. The van der Waals surface area contributed by atoms with Gasteiger partial charge in [0.2, 0.25) is 5.91 Å². The summed E-state index contributed by atoms with van der Waals surface area (Å²) in [4.78, 5) is 44.5.